The van der Waals surface area contributed by atoms with Gasteiger partial charge in [-0.25, -0.2) is 12.8 Å². The molecule has 162 valence electrons. The fourth-order valence-electron chi connectivity index (χ4n) is 3.13. The Kier molecular flexibility index (Phi) is 7.41. The monoisotopic (exact) mass is 440 g/mol. The van der Waals surface area contributed by atoms with E-state index in [1.165, 1.54) is 47.5 Å². The zero-order valence-corrected chi connectivity index (χ0v) is 18.1. The Labute approximate surface area is 182 Å². The molecule has 1 amide bonds. The number of nitrogens with zero attached hydrogens (tertiary/aromatic N) is 1. The van der Waals surface area contributed by atoms with Crippen LogP contribution in [0.3, 0.4) is 0 Å². The quantitative estimate of drug-likeness (QED) is 0.510. The van der Waals surface area contributed by atoms with Crippen molar-refractivity contribution in [3.8, 4) is 0 Å². The van der Waals surface area contributed by atoms with E-state index < -0.39 is 28.3 Å². The largest absolute Gasteiger partial charge is 0.355 e. The van der Waals surface area contributed by atoms with Crippen LogP contribution in [0.2, 0.25) is 0 Å². The molecule has 3 aromatic rings. The first-order valence-electron chi connectivity index (χ1n) is 10.0. The summed E-state index contributed by atoms with van der Waals surface area (Å²) in [5.41, 5.74) is 2.19. The van der Waals surface area contributed by atoms with E-state index in [2.05, 4.69) is 5.32 Å². The lowest BCUT2D eigenvalue weighted by Crippen LogP contribution is -2.41. The highest BCUT2D eigenvalue weighted by atomic mass is 32.2. The molecule has 0 aromatic heterocycles. The second-order valence-electron chi connectivity index (χ2n) is 7.22. The van der Waals surface area contributed by atoms with E-state index in [0.29, 0.717) is 13.0 Å². The van der Waals surface area contributed by atoms with E-state index in [1.54, 1.807) is 18.2 Å². The average molecular weight is 441 g/mol. The van der Waals surface area contributed by atoms with Gasteiger partial charge < -0.3 is 5.32 Å². The third-order valence-electron chi connectivity index (χ3n) is 4.82. The number of carbonyl (C=O) groups excluding carboxylic acids is 1. The third-order valence-corrected chi connectivity index (χ3v) is 6.60. The summed E-state index contributed by atoms with van der Waals surface area (Å²) in [5, 5.41) is 2.74. The zero-order chi connectivity index (χ0) is 22.3. The summed E-state index contributed by atoms with van der Waals surface area (Å²) in [6.07, 6.45) is 1.50. The molecule has 0 bridgehead atoms. The minimum atomic E-state index is -4.12. The highest BCUT2D eigenvalue weighted by molar-refractivity contribution is 7.92. The van der Waals surface area contributed by atoms with Gasteiger partial charge in [0.15, 0.2) is 0 Å². The number of aryl methyl sites for hydroxylation is 2. The Bertz CT molecular complexity index is 1120. The summed E-state index contributed by atoms with van der Waals surface area (Å²) in [5.74, 6) is -1.21. The van der Waals surface area contributed by atoms with E-state index in [4.69, 9.17) is 0 Å². The van der Waals surface area contributed by atoms with Crippen LogP contribution >= 0.6 is 0 Å². The second kappa shape index (κ2) is 10.2. The van der Waals surface area contributed by atoms with Crippen LogP contribution in [0.15, 0.2) is 83.8 Å². The topological polar surface area (TPSA) is 66.5 Å². The summed E-state index contributed by atoms with van der Waals surface area (Å²) in [7, 11) is -4.12. The van der Waals surface area contributed by atoms with Gasteiger partial charge in [0, 0.05) is 6.54 Å². The summed E-state index contributed by atoms with van der Waals surface area (Å²) in [6.45, 7) is 1.90. The summed E-state index contributed by atoms with van der Waals surface area (Å²) in [6, 6.07) is 21.4. The molecular weight excluding hydrogens is 415 g/mol. The molecule has 7 heteroatoms. The molecule has 3 rings (SSSR count). The second-order valence-corrected chi connectivity index (χ2v) is 9.08. The molecule has 0 saturated carbocycles. The van der Waals surface area contributed by atoms with Crippen molar-refractivity contribution in [3.05, 3.63) is 95.8 Å². The molecule has 0 heterocycles. The Hall–Kier alpha value is -3.19. The molecule has 0 atom stereocenters. The van der Waals surface area contributed by atoms with Crippen molar-refractivity contribution in [2.45, 2.75) is 24.7 Å². The molecule has 0 radical (unpaired) electrons. The summed E-state index contributed by atoms with van der Waals surface area (Å²) < 4.78 is 41.5. The number of halogens is 1. The van der Waals surface area contributed by atoms with Crippen LogP contribution in [0.5, 0.6) is 0 Å². The van der Waals surface area contributed by atoms with E-state index in [1.807, 2.05) is 31.2 Å². The van der Waals surface area contributed by atoms with Crippen molar-refractivity contribution in [2.24, 2.45) is 0 Å². The molecule has 5 nitrogen and oxygen atoms in total. The van der Waals surface area contributed by atoms with E-state index in [-0.39, 0.29) is 10.6 Å². The van der Waals surface area contributed by atoms with Crippen molar-refractivity contribution >= 4 is 21.6 Å². The Balaban J connectivity index is 1.69. The van der Waals surface area contributed by atoms with Gasteiger partial charge in [-0.15, -0.1) is 0 Å². The van der Waals surface area contributed by atoms with Gasteiger partial charge in [-0.3, -0.25) is 9.10 Å². The first kappa shape index (κ1) is 22.5. The molecule has 0 unspecified atom stereocenters. The van der Waals surface area contributed by atoms with Gasteiger partial charge in [0.05, 0.1) is 10.6 Å². The molecule has 0 spiro atoms. The lowest BCUT2D eigenvalue weighted by molar-refractivity contribution is -0.119. The number of hydrogen-bond acceptors (Lipinski definition) is 3. The van der Waals surface area contributed by atoms with Crippen LogP contribution in [0.4, 0.5) is 10.1 Å². The molecule has 0 fully saturated rings. The van der Waals surface area contributed by atoms with Gasteiger partial charge in [0.1, 0.15) is 12.4 Å². The van der Waals surface area contributed by atoms with E-state index >= 15 is 0 Å². The van der Waals surface area contributed by atoms with E-state index in [0.717, 1.165) is 10.7 Å². The van der Waals surface area contributed by atoms with Crippen LogP contribution in [-0.4, -0.2) is 27.4 Å². The number of rotatable bonds is 9. The number of benzene rings is 3. The minimum absolute atomic E-state index is 0.00887. The van der Waals surface area contributed by atoms with Crippen molar-refractivity contribution in [1.82, 2.24) is 5.32 Å². The highest BCUT2D eigenvalue weighted by Gasteiger charge is 2.28. The van der Waals surface area contributed by atoms with Gasteiger partial charge in [-0.05, 0) is 49.6 Å². The highest BCUT2D eigenvalue weighted by Crippen LogP contribution is 2.25. The summed E-state index contributed by atoms with van der Waals surface area (Å²) in [4.78, 5) is 12.5. The fraction of sp³-hybridized carbons (Fsp3) is 0.208. The number of para-hydroxylation sites is 1. The standard InChI is InChI=1S/C24H25FN2O3S/c1-19-13-15-20(16-14-19)8-7-17-26-24(28)18-27(23-12-6-5-11-22(23)25)31(29,30)21-9-3-2-4-10-21/h2-6,9-16H,7-8,17-18H2,1H3,(H,26,28). The predicted molar refractivity (Wildman–Crippen MR) is 120 cm³/mol. The van der Waals surface area contributed by atoms with Crippen LogP contribution < -0.4 is 9.62 Å². The van der Waals surface area contributed by atoms with Gasteiger partial charge in [0.2, 0.25) is 5.91 Å². The van der Waals surface area contributed by atoms with Gasteiger partial charge in [-0.1, -0.05) is 60.2 Å². The van der Waals surface area contributed by atoms with Gasteiger partial charge in [0.25, 0.3) is 10.0 Å². The van der Waals surface area contributed by atoms with Crippen LogP contribution in [0, 0.1) is 12.7 Å². The molecule has 0 saturated heterocycles. The van der Waals surface area contributed by atoms with Gasteiger partial charge in [-0.2, -0.15) is 0 Å². The number of nitrogens with one attached hydrogen (secondary N) is 1. The molecule has 1 N–H and O–H groups in total. The number of carbonyl (C=O) groups is 1. The van der Waals surface area contributed by atoms with Crippen molar-refractivity contribution in [1.29, 1.82) is 0 Å². The normalized spacial score (nSPS) is 11.2. The van der Waals surface area contributed by atoms with Crippen molar-refractivity contribution in [2.75, 3.05) is 17.4 Å². The molecule has 0 aliphatic rings. The predicted octanol–water partition coefficient (Wildman–Crippen LogP) is 4.08. The fourth-order valence-corrected chi connectivity index (χ4v) is 4.58. The maximum atomic E-state index is 14.4. The number of sulfonamides is 1. The van der Waals surface area contributed by atoms with Crippen LogP contribution in [0.25, 0.3) is 0 Å². The van der Waals surface area contributed by atoms with E-state index in [9.17, 15) is 17.6 Å². The first-order chi connectivity index (χ1) is 14.9. The summed E-state index contributed by atoms with van der Waals surface area (Å²) >= 11 is 0. The third kappa shape index (κ3) is 5.92. The van der Waals surface area contributed by atoms with Gasteiger partial charge >= 0.3 is 0 Å². The minimum Gasteiger partial charge on any atom is -0.355 e. The smallest absolute Gasteiger partial charge is 0.264 e. The Morgan fingerprint density at radius 3 is 2.26 bits per heavy atom. The molecular formula is C24H25FN2O3S. The molecule has 0 aliphatic carbocycles. The Morgan fingerprint density at radius 1 is 0.935 bits per heavy atom. The SMILES string of the molecule is Cc1ccc(CCCNC(=O)CN(c2ccccc2F)S(=O)(=O)c2ccccc2)cc1. The maximum absolute atomic E-state index is 14.4. The molecule has 3 aromatic carbocycles. The van der Waals surface area contributed by atoms with Crippen LogP contribution in [0.1, 0.15) is 17.5 Å². The van der Waals surface area contributed by atoms with Crippen molar-refractivity contribution < 1.29 is 17.6 Å². The molecule has 31 heavy (non-hydrogen) atoms. The number of amides is 1. The number of anilines is 1. The first-order valence-corrected chi connectivity index (χ1v) is 11.5. The Morgan fingerprint density at radius 2 is 1.58 bits per heavy atom. The molecule has 0 aliphatic heterocycles. The van der Waals surface area contributed by atoms with Crippen molar-refractivity contribution in [3.63, 3.8) is 0 Å². The lowest BCUT2D eigenvalue weighted by atomic mass is 10.1. The number of hydrogen-bond donors (Lipinski definition) is 1. The average Bonchev–Trinajstić information content (AvgIpc) is 2.77. The maximum Gasteiger partial charge on any atom is 0.264 e. The van der Waals surface area contributed by atoms with Crippen LogP contribution in [-0.2, 0) is 21.2 Å². The lowest BCUT2D eigenvalue weighted by Gasteiger charge is -2.24. The zero-order valence-electron chi connectivity index (χ0n) is 17.3.